The molecule has 0 radical (unpaired) electrons. The highest BCUT2D eigenvalue weighted by molar-refractivity contribution is 9.11. The first kappa shape index (κ1) is 14.1. The van der Waals surface area contributed by atoms with Gasteiger partial charge in [-0.15, -0.1) is 0 Å². The minimum atomic E-state index is -0.470. The number of carbonyl (C=O) groups excluding carboxylic acids is 1. The average Bonchev–Trinajstić information content (AvgIpc) is 2.34. The fraction of sp³-hybridized carbons (Fsp3) is 0.0833. The van der Waals surface area contributed by atoms with Crippen LogP contribution in [0.2, 0.25) is 0 Å². The SMILES string of the molecule is C=C(Br)CNC(=O)/C=C/c1ccc([N+](=O)[O-])cc1. The van der Waals surface area contributed by atoms with E-state index in [1.54, 1.807) is 18.2 Å². The molecule has 1 aromatic rings. The molecule has 0 spiro atoms. The molecule has 5 nitrogen and oxygen atoms in total. The van der Waals surface area contributed by atoms with Gasteiger partial charge in [0, 0.05) is 29.2 Å². The van der Waals surface area contributed by atoms with Crippen LogP contribution in [0.15, 0.2) is 41.4 Å². The molecular formula is C12H11BrN2O3. The number of nitro benzene ring substituents is 1. The van der Waals surface area contributed by atoms with Crippen LogP contribution >= 0.6 is 15.9 Å². The third-order valence-corrected chi connectivity index (χ3v) is 2.27. The molecule has 0 bridgehead atoms. The summed E-state index contributed by atoms with van der Waals surface area (Å²) in [5.74, 6) is -0.256. The van der Waals surface area contributed by atoms with Crippen molar-refractivity contribution in [1.29, 1.82) is 0 Å². The molecule has 0 aliphatic rings. The number of amides is 1. The smallest absolute Gasteiger partial charge is 0.269 e. The number of hydrogen-bond donors (Lipinski definition) is 1. The van der Waals surface area contributed by atoms with Crippen LogP contribution in [-0.2, 0) is 4.79 Å². The second-order valence-electron chi connectivity index (χ2n) is 3.42. The average molecular weight is 311 g/mol. The maximum absolute atomic E-state index is 11.3. The van der Waals surface area contributed by atoms with Gasteiger partial charge in [0.15, 0.2) is 0 Å². The summed E-state index contributed by atoms with van der Waals surface area (Å²) in [6.07, 6.45) is 2.94. The molecule has 0 atom stereocenters. The van der Waals surface area contributed by atoms with Gasteiger partial charge in [0.25, 0.3) is 5.69 Å². The lowest BCUT2D eigenvalue weighted by Crippen LogP contribution is -2.21. The second-order valence-corrected chi connectivity index (χ2v) is 4.54. The Morgan fingerprint density at radius 2 is 2.06 bits per heavy atom. The van der Waals surface area contributed by atoms with Crippen molar-refractivity contribution in [1.82, 2.24) is 5.32 Å². The van der Waals surface area contributed by atoms with E-state index in [2.05, 4.69) is 27.8 Å². The number of nitro groups is 1. The summed E-state index contributed by atoms with van der Waals surface area (Å²) in [4.78, 5) is 21.3. The maximum Gasteiger partial charge on any atom is 0.269 e. The summed E-state index contributed by atoms with van der Waals surface area (Å²) < 4.78 is 0.680. The molecule has 18 heavy (non-hydrogen) atoms. The Kier molecular flexibility index (Phi) is 5.26. The summed E-state index contributed by atoms with van der Waals surface area (Å²) in [5.41, 5.74) is 0.737. The monoisotopic (exact) mass is 310 g/mol. The Bertz CT molecular complexity index is 495. The van der Waals surface area contributed by atoms with Crippen molar-refractivity contribution >= 4 is 33.6 Å². The molecule has 6 heteroatoms. The molecule has 0 aromatic heterocycles. The van der Waals surface area contributed by atoms with Crippen molar-refractivity contribution in [2.24, 2.45) is 0 Å². The highest BCUT2D eigenvalue weighted by atomic mass is 79.9. The number of non-ortho nitro benzene ring substituents is 1. The van der Waals surface area contributed by atoms with E-state index in [0.717, 1.165) is 0 Å². The summed E-state index contributed by atoms with van der Waals surface area (Å²) in [7, 11) is 0. The molecule has 0 saturated carbocycles. The zero-order valence-electron chi connectivity index (χ0n) is 9.43. The Balaban J connectivity index is 2.58. The van der Waals surface area contributed by atoms with Gasteiger partial charge in [0.2, 0.25) is 5.91 Å². The van der Waals surface area contributed by atoms with Crippen molar-refractivity contribution in [2.75, 3.05) is 6.54 Å². The molecule has 1 amide bonds. The molecule has 94 valence electrons. The Morgan fingerprint density at radius 3 is 2.56 bits per heavy atom. The van der Waals surface area contributed by atoms with Crippen molar-refractivity contribution in [3.63, 3.8) is 0 Å². The van der Waals surface area contributed by atoms with E-state index in [1.807, 2.05) is 0 Å². The normalized spacial score (nSPS) is 10.3. The van der Waals surface area contributed by atoms with Crippen LogP contribution in [-0.4, -0.2) is 17.4 Å². The quantitative estimate of drug-likeness (QED) is 0.516. The standard InChI is InChI=1S/C12H11BrN2O3/c1-9(13)8-14-12(16)7-4-10-2-5-11(6-3-10)15(17)18/h2-7H,1,8H2,(H,14,16)/b7-4+. The van der Waals surface area contributed by atoms with Crippen LogP contribution in [0.4, 0.5) is 5.69 Å². The molecule has 1 rings (SSSR count). The van der Waals surface area contributed by atoms with Crippen LogP contribution in [0.1, 0.15) is 5.56 Å². The lowest BCUT2D eigenvalue weighted by atomic mass is 10.2. The van der Waals surface area contributed by atoms with E-state index in [-0.39, 0.29) is 11.6 Å². The number of halogens is 1. The minimum Gasteiger partial charge on any atom is -0.348 e. The van der Waals surface area contributed by atoms with Crippen LogP contribution in [0, 0.1) is 10.1 Å². The van der Waals surface area contributed by atoms with E-state index < -0.39 is 4.92 Å². The van der Waals surface area contributed by atoms with Gasteiger partial charge in [-0.1, -0.05) is 22.5 Å². The molecule has 1 N–H and O–H groups in total. The van der Waals surface area contributed by atoms with Crippen molar-refractivity contribution in [2.45, 2.75) is 0 Å². The topological polar surface area (TPSA) is 72.2 Å². The largest absolute Gasteiger partial charge is 0.348 e. The first-order chi connectivity index (χ1) is 8.49. The molecule has 0 saturated heterocycles. The third-order valence-electron chi connectivity index (χ3n) is 1.99. The molecular weight excluding hydrogens is 300 g/mol. The third kappa shape index (κ3) is 4.92. The zero-order valence-corrected chi connectivity index (χ0v) is 11.0. The van der Waals surface area contributed by atoms with Crippen molar-refractivity contribution in [3.05, 3.63) is 57.1 Å². The maximum atomic E-state index is 11.3. The Labute approximate surface area is 112 Å². The predicted molar refractivity (Wildman–Crippen MR) is 73.2 cm³/mol. The zero-order chi connectivity index (χ0) is 13.5. The second kappa shape index (κ2) is 6.70. The fourth-order valence-corrected chi connectivity index (χ4v) is 1.26. The first-order valence-corrected chi connectivity index (χ1v) is 5.82. The van der Waals surface area contributed by atoms with Gasteiger partial charge in [-0.2, -0.15) is 0 Å². The molecule has 0 unspecified atom stereocenters. The first-order valence-electron chi connectivity index (χ1n) is 5.02. The van der Waals surface area contributed by atoms with E-state index in [0.29, 0.717) is 16.6 Å². The van der Waals surface area contributed by atoms with Gasteiger partial charge in [-0.3, -0.25) is 14.9 Å². The molecule has 0 fully saturated rings. The number of carbonyl (C=O) groups is 1. The summed E-state index contributed by atoms with van der Waals surface area (Å²) >= 11 is 3.12. The van der Waals surface area contributed by atoms with Gasteiger partial charge >= 0.3 is 0 Å². The van der Waals surface area contributed by atoms with Crippen LogP contribution in [0.3, 0.4) is 0 Å². The Morgan fingerprint density at radius 1 is 1.44 bits per heavy atom. The highest BCUT2D eigenvalue weighted by Gasteiger charge is 2.02. The van der Waals surface area contributed by atoms with Crippen molar-refractivity contribution < 1.29 is 9.72 Å². The van der Waals surface area contributed by atoms with Crippen LogP contribution < -0.4 is 5.32 Å². The van der Waals surface area contributed by atoms with E-state index >= 15 is 0 Å². The van der Waals surface area contributed by atoms with E-state index in [9.17, 15) is 14.9 Å². The number of nitrogens with one attached hydrogen (secondary N) is 1. The molecule has 1 aromatic carbocycles. The minimum absolute atomic E-state index is 0.0205. The van der Waals surface area contributed by atoms with E-state index in [1.165, 1.54) is 18.2 Å². The van der Waals surface area contributed by atoms with Gasteiger partial charge in [-0.25, -0.2) is 0 Å². The van der Waals surface area contributed by atoms with Crippen LogP contribution in [0.25, 0.3) is 6.08 Å². The fourth-order valence-electron chi connectivity index (χ4n) is 1.12. The lowest BCUT2D eigenvalue weighted by Gasteiger charge is -1.98. The molecule has 0 aliphatic carbocycles. The van der Waals surface area contributed by atoms with Gasteiger partial charge < -0.3 is 5.32 Å². The lowest BCUT2D eigenvalue weighted by molar-refractivity contribution is -0.384. The number of nitrogens with zero attached hydrogens (tertiary/aromatic N) is 1. The number of benzene rings is 1. The highest BCUT2D eigenvalue weighted by Crippen LogP contribution is 2.12. The van der Waals surface area contributed by atoms with Crippen LogP contribution in [0.5, 0.6) is 0 Å². The van der Waals surface area contributed by atoms with Gasteiger partial charge in [-0.05, 0) is 23.8 Å². The van der Waals surface area contributed by atoms with Crippen molar-refractivity contribution in [3.8, 4) is 0 Å². The molecule has 0 heterocycles. The predicted octanol–water partition coefficient (Wildman–Crippen LogP) is 2.63. The summed E-state index contributed by atoms with van der Waals surface area (Å²) in [6, 6.07) is 5.92. The summed E-state index contributed by atoms with van der Waals surface area (Å²) in [6.45, 7) is 3.94. The number of hydrogen-bond acceptors (Lipinski definition) is 3. The summed E-state index contributed by atoms with van der Waals surface area (Å²) in [5, 5.41) is 13.0. The molecule has 0 aliphatic heterocycles. The number of rotatable bonds is 5. The van der Waals surface area contributed by atoms with Gasteiger partial charge in [0.1, 0.15) is 0 Å². The van der Waals surface area contributed by atoms with E-state index in [4.69, 9.17) is 0 Å². The van der Waals surface area contributed by atoms with Gasteiger partial charge in [0.05, 0.1) is 4.92 Å². The Hall–Kier alpha value is -1.95.